The maximum atomic E-state index is 13.5. The predicted octanol–water partition coefficient (Wildman–Crippen LogP) is 3.99. The summed E-state index contributed by atoms with van der Waals surface area (Å²) in [7, 11) is 3.65. The van der Waals surface area contributed by atoms with Crippen molar-refractivity contribution in [2.24, 2.45) is 7.05 Å². The standard InChI is InChI=1S/C29H33N3O5/c1-19-13-25-23(17-32(18-36-25)8-4-7-31-9-11-35-12-10-31)29-27(19)28(33)26(37-29)14-20-16-30(2)24-6-5-21(34-3)15-22(20)24/h5-6,13-16H,4,7-12,17-18H2,1-3H3/b26-14-. The van der Waals surface area contributed by atoms with Gasteiger partial charge in [-0.3, -0.25) is 14.6 Å². The van der Waals surface area contributed by atoms with Gasteiger partial charge in [-0.1, -0.05) is 0 Å². The molecule has 0 saturated carbocycles. The highest BCUT2D eigenvalue weighted by atomic mass is 16.5. The minimum absolute atomic E-state index is 0.0837. The van der Waals surface area contributed by atoms with Crippen molar-refractivity contribution in [3.05, 3.63) is 58.5 Å². The molecule has 0 radical (unpaired) electrons. The molecule has 1 fully saturated rings. The summed E-state index contributed by atoms with van der Waals surface area (Å²) in [6.07, 6.45) is 4.92. The van der Waals surface area contributed by atoms with Crippen LogP contribution in [0.5, 0.6) is 17.2 Å². The molecule has 1 aromatic heterocycles. The number of carbonyl (C=O) groups excluding carboxylic acids is 1. The van der Waals surface area contributed by atoms with Crippen molar-refractivity contribution in [2.75, 3.05) is 53.2 Å². The Morgan fingerprint density at radius 3 is 2.73 bits per heavy atom. The molecule has 2 aromatic carbocycles. The van der Waals surface area contributed by atoms with Crippen LogP contribution in [0.25, 0.3) is 17.0 Å². The number of hydrogen-bond donors (Lipinski definition) is 0. The molecule has 4 heterocycles. The van der Waals surface area contributed by atoms with E-state index in [1.54, 1.807) is 7.11 Å². The fraction of sp³-hybridized carbons (Fsp3) is 0.414. The molecule has 0 aliphatic carbocycles. The summed E-state index contributed by atoms with van der Waals surface area (Å²) >= 11 is 0. The summed E-state index contributed by atoms with van der Waals surface area (Å²) in [5.41, 5.74) is 4.45. The number of benzene rings is 2. The number of ether oxygens (including phenoxy) is 4. The Labute approximate surface area is 216 Å². The maximum absolute atomic E-state index is 13.5. The topological polar surface area (TPSA) is 65.4 Å². The van der Waals surface area contributed by atoms with Crippen LogP contribution in [0.15, 0.2) is 36.2 Å². The molecule has 194 valence electrons. The van der Waals surface area contributed by atoms with Crippen molar-refractivity contribution >= 4 is 22.8 Å². The number of aromatic nitrogens is 1. The van der Waals surface area contributed by atoms with E-state index in [1.165, 1.54) is 0 Å². The van der Waals surface area contributed by atoms with Gasteiger partial charge in [-0.05, 0) is 55.8 Å². The third-order valence-corrected chi connectivity index (χ3v) is 7.55. The number of hydrogen-bond acceptors (Lipinski definition) is 7. The van der Waals surface area contributed by atoms with E-state index in [9.17, 15) is 4.79 Å². The molecule has 8 heteroatoms. The smallest absolute Gasteiger partial charge is 0.232 e. The number of morpholine rings is 1. The van der Waals surface area contributed by atoms with Crippen LogP contribution in [-0.4, -0.2) is 73.4 Å². The van der Waals surface area contributed by atoms with E-state index in [0.717, 1.165) is 84.9 Å². The highest BCUT2D eigenvalue weighted by molar-refractivity contribution is 6.16. The largest absolute Gasteiger partial charge is 0.497 e. The molecule has 0 bridgehead atoms. The van der Waals surface area contributed by atoms with Gasteiger partial charge in [0.2, 0.25) is 5.78 Å². The molecule has 6 rings (SSSR count). The second-order valence-electron chi connectivity index (χ2n) is 10.0. The quantitative estimate of drug-likeness (QED) is 0.472. The summed E-state index contributed by atoms with van der Waals surface area (Å²) in [6.45, 7) is 8.81. The molecule has 3 aliphatic rings. The number of ketones is 1. The average Bonchev–Trinajstić information content (AvgIpc) is 3.41. The van der Waals surface area contributed by atoms with Gasteiger partial charge in [0.15, 0.2) is 5.76 Å². The third kappa shape index (κ3) is 4.50. The van der Waals surface area contributed by atoms with Crippen LogP contribution >= 0.6 is 0 Å². The van der Waals surface area contributed by atoms with E-state index in [2.05, 4.69) is 9.80 Å². The number of allylic oxidation sites excluding steroid dienone is 1. The maximum Gasteiger partial charge on any atom is 0.232 e. The Morgan fingerprint density at radius 1 is 1.11 bits per heavy atom. The summed E-state index contributed by atoms with van der Waals surface area (Å²) in [5, 5.41) is 1.01. The van der Waals surface area contributed by atoms with E-state index in [1.807, 2.05) is 55.1 Å². The van der Waals surface area contributed by atoms with Gasteiger partial charge in [0, 0.05) is 55.9 Å². The Kier molecular flexibility index (Phi) is 6.40. The zero-order valence-corrected chi connectivity index (χ0v) is 21.7. The highest BCUT2D eigenvalue weighted by Crippen LogP contribution is 2.44. The lowest BCUT2D eigenvalue weighted by Crippen LogP contribution is -2.39. The first kappa shape index (κ1) is 24.0. The number of aryl methyl sites for hydroxylation is 2. The van der Waals surface area contributed by atoms with Gasteiger partial charge in [0.1, 0.15) is 24.0 Å². The molecule has 0 N–H and O–H groups in total. The summed E-state index contributed by atoms with van der Waals surface area (Å²) < 4.78 is 25.4. The Morgan fingerprint density at radius 2 is 1.92 bits per heavy atom. The first-order chi connectivity index (χ1) is 18.0. The second kappa shape index (κ2) is 9.85. The SMILES string of the molecule is COc1ccc2c(c1)c(/C=C1\Oc3c4c(cc(C)c3C1=O)OCN(CCCN1CCOCC1)C4)cn2C. The normalized spacial score (nSPS) is 19.1. The molecule has 37 heavy (non-hydrogen) atoms. The van der Waals surface area contributed by atoms with Crippen molar-refractivity contribution in [1.29, 1.82) is 0 Å². The van der Waals surface area contributed by atoms with Gasteiger partial charge in [0.05, 0.1) is 31.5 Å². The first-order valence-corrected chi connectivity index (χ1v) is 12.9. The van der Waals surface area contributed by atoms with Crippen LogP contribution in [0.4, 0.5) is 0 Å². The first-order valence-electron chi connectivity index (χ1n) is 12.9. The summed E-state index contributed by atoms with van der Waals surface area (Å²) in [6, 6.07) is 7.93. The molecule has 3 aliphatic heterocycles. The van der Waals surface area contributed by atoms with Crippen molar-refractivity contribution in [3.63, 3.8) is 0 Å². The lowest BCUT2D eigenvalue weighted by molar-refractivity contribution is 0.0329. The number of rotatable bonds is 6. The third-order valence-electron chi connectivity index (χ3n) is 7.55. The van der Waals surface area contributed by atoms with Crippen molar-refractivity contribution in [3.8, 4) is 17.2 Å². The van der Waals surface area contributed by atoms with Crippen LogP contribution in [0, 0.1) is 6.92 Å². The van der Waals surface area contributed by atoms with Crippen molar-refractivity contribution in [2.45, 2.75) is 19.9 Å². The van der Waals surface area contributed by atoms with Crippen LogP contribution in [0.3, 0.4) is 0 Å². The van der Waals surface area contributed by atoms with Crippen molar-refractivity contribution < 1.29 is 23.7 Å². The number of nitrogens with zero attached hydrogens (tertiary/aromatic N) is 3. The van der Waals surface area contributed by atoms with Crippen LogP contribution in [0.1, 0.15) is 33.5 Å². The van der Waals surface area contributed by atoms with Gasteiger partial charge < -0.3 is 23.5 Å². The van der Waals surface area contributed by atoms with Gasteiger partial charge in [-0.25, -0.2) is 0 Å². The minimum Gasteiger partial charge on any atom is -0.497 e. The molecule has 0 unspecified atom stereocenters. The average molecular weight is 504 g/mol. The van der Waals surface area contributed by atoms with E-state index in [0.29, 0.717) is 30.3 Å². The zero-order valence-electron chi connectivity index (χ0n) is 21.7. The molecular weight excluding hydrogens is 470 g/mol. The number of methoxy groups -OCH3 is 1. The second-order valence-corrected chi connectivity index (χ2v) is 10.0. The van der Waals surface area contributed by atoms with E-state index in [4.69, 9.17) is 18.9 Å². The minimum atomic E-state index is -0.0837. The van der Waals surface area contributed by atoms with Gasteiger partial charge in [-0.15, -0.1) is 0 Å². The Balaban J connectivity index is 1.24. The fourth-order valence-electron chi connectivity index (χ4n) is 5.55. The molecule has 0 amide bonds. The Hall–Kier alpha value is -3.33. The number of Topliss-reactive ketones (excluding diaryl/α,β-unsaturated/α-hetero) is 1. The molecule has 1 saturated heterocycles. The lowest BCUT2D eigenvalue weighted by atomic mass is 9.98. The summed E-state index contributed by atoms with van der Waals surface area (Å²) in [4.78, 5) is 18.2. The molecule has 3 aromatic rings. The molecule has 8 nitrogen and oxygen atoms in total. The van der Waals surface area contributed by atoms with Gasteiger partial charge in [-0.2, -0.15) is 0 Å². The van der Waals surface area contributed by atoms with E-state index < -0.39 is 0 Å². The molecule has 0 atom stereocenters. The highest BCUT2D eigenvalue weighted by Gasteiger charge is 2.35. The fourth-order valence-corrected chi connectivity index (χ4v) is 5.55. The lowest BCUT2D eigenvalue weighted by Gasteiger charge is -2.31. The molecule has 0 spiro atoms. The van der Waals surface area contributed by atoms with E-state index >= 15 is 0 Å². The predicted molar refractivity (Wildman–Crippen MR) is 141 cm³/mol. The number of fused-ring (bicyclic) bond motifs is 4. The van der Waals surface area contributed by atoms with E-state index in [-0.39, 0.29) is 5.78 Å². The summed E-state index contributed by atoms with van der Waals surface area (Å²) in [5.74, 6) is 2.48. The van der Waals surface area contributed by atoms with Crippen LogP contribution in [-0.2, 0) is 18.3 Å². The van der Waals surface area contributed by atoms with Gasteiger partial charge >= 0.3 is 0 Å². The van der Waals surface area contributed by atoms with Crippen LogP contribution < -0.4 is 14.2 Å². The zero-order chi connectivity index (χ0) is 25.5. The Bertz CT molecular complexity index is 1390. The number of carbonyl (C=O) groups is 1. The van der Waals surface area contributed by atoms with Crippen molar-refractivity contribution in [1.82, 2.24) is 14.4 Å². The monoisotopic (exact) mass is 503 g/mol. The molecular formula is C29H33N3O5. The van der Waals surface area contributed by atoms with Gasteiger partial charge in [0.25, 0.3) is 0 Å². The van der Waals surface area contributed by atoms with Crippen LogP contribution in [0.2, 0.25) is 0 Å².